The number of hydrogen-bond acceptors (Lipinski definition) is 5. The number of amidine groups is 1. The molecule has 1 N–H and O–H groups in total. The number of carbonyl (C=O) groups excluding carboxylic acids is 1. The summed E-state index contributed by atoms with van der Waals surface area (Å²) in [6.45, 7) is -2.06. The highest BCUT2D eigenvalue weighted by atomic mass is 32.2. The number of carbonyl (C=O) groups is 1. The third-order valence-electron chi connectivity index (χ3n) is 5.21. The number of nitrogens with zero attached hydrogens (tertiary/aromatic N) is 2. The van der Waals surface area contributed by atoms with Gasteiger partial charge in [0.05, 0.1) is 5.69 Å². The Labute approximate surface area is 178 Å². The molecule has 0 saturated carbocycles. The maximum atomic E-state index is 12.7. The van der Waals surface area contributed by atoms with E-state index in [9.17, 15) is 22.0 Å². The maximum Gasteiger partial charge on any atom is 0.387 e. The summed E-state index contributed by atoms with van der Waals surface area (Å²) in [5.74, 6) is 0.136. The fourth-order valence-corrected chi connectivity index (χ4v) is 4.98. The van der Waals surface area contributed by atoms with Crippen LogP contribution in [0.4, 0.5) is 14.5 Å². The molecule has 0 unspecified atom stereocenters. The number of fused-ring (bicyclic) bond motifs is 3. The van der Waals surface area contributed by atoms with E-state index < -0.39 is 22.5 Å². The summed E-state index contributed by atoms with van der Waals surface area (Å²) in [5, 5.41) is 2.70. The van der Waals surface area contributed by atoms with Gasteiger partial charge in [0.25, 0.3) is 15.9 Å². The predicted molar refractivity (Wildman–Crippen MR) is 111 cm³/mol. The van der Waals surface area contributed by atoms with Crippen molar-refractivity contribution in [1.29, 1.82) is 0 Å². The molecular formula is C21H21F2N3O4S. The topological polar surface area (TPSA) is 88.1 Å². The van der Waals surface area contributed by atoms with E-state index in [0.717, 1.165) is 19.3 Å². The van der Waals surface area contributed by atoms with Crippen LogP contribution in [-0.2, 0) is 16.6 Å². The summed E-state index contributed by atoms with van der Waals surface area (Å²) < 4.78 is 58.1. The molecule has 2 heterocycles. The summed E-state index contributed by atoms with van der Waals surface area (Å²) in [5.41, 5.74) is 1.44. The summed E-state index contributed by atoms with van der Waals surface area (Å²) in [4.78, 5) is 14.5. The molecule has 2 aliphatic rings. The van der Waals surface area contributed by atoms with Gasteiger partial charge in [0.2, 0.25) is 0 Å². The second-order valence-electron chi connectivity index (χ2n) is 7.33. The van der Waals surface area contributed by atoms with Crippen molar-refractivity contribution in [2.24, 2.45) is 4.40 Å². The van der Waals surface area contributed by atoms with Crippen molar-refractivity contribution in [3.8, 4) is 5.75 Å². The van der Waals surface area contributed by atoms with E-state index in [2.05, 4.69) is 14.5 Å². The average Bonchev–Trinajstić information content (AvgIpc) is 2.97. The van der Waals surface area contributed by atoms with Gasteiger partial charge < -0.3 is 15.0 Å². The van der Waals surface area contributed by atoms with Crippen molar-refractivity contribution in [1.82, 2.24) is 5.32 Å². The number of ether oxygens (including phenoxy) is 1. The molecule has 1 fully saturated rings. The number of amides is 1. The summed E-state index contributed by atoms with van der Waals surface area (Å²) >= 11 is 0. The van der Waals surface area contributed by atoms with Crippen molar-refractivity contribution >= 4 is 27.5 Å². The molecule has 164 valence electrons. The van der Waals surface area contributed by atoms with Crippen molar-refractivity contribution in [2.75, 3.05) is 11.4 Å². The van der Waals surface area contributed by atoms with Crippen LogP contribution < -0.4 is 15.0 Å². The number of rotatable bonds is 5. The molecule has 0 radical (unpaired) electrons. The zero-order valence-corrected chi connectivity index (χ0v) is 17.4. The Hall–Kier alpha value is -3.01. The lowest BCUT2D eigenvalue weighted by molar-refractivity contribution is -0.0498. The SMILES string of the molecule is O=C(NCc1ccc(OC(F)F)cc1)c1ccc2c(c1)S(=O)(=O)N=C1CCCCCN12. The van der Waals surface area contributed by atoms with Gasteiger partial charge in [-0.1, -0.05) is 18.6 Å². The molecule has 0 atom stereocenters. The first-order valence-electron chi connectivity index (χ1n) is 9.91. The zero-order valence-electron chi connectivity index (χ0n) is 16.6. The third-order valence-corrected chi connectivity index (χ3v) is 6.55. The van der Waals surface area contributed by atoms with Crippen molar-refractivity contribution < 1.29 is 26.7 Å². The molecule has 0 spiro atoms. The lowest BCUT2D eigenvalue weighted by atomic mass is 10.1. The fraction of sp³-hybridized carbons (Fsp3) is 0.333. The van der Waals surface area contributed by atoms with Gasteiger partial charge in [-0.2, -0.15) is 17.2 Å². The number of alkyl halides is 2. The minimum absolute atomic E-state index is 0.0263. The van der Waals surface area contributed by atoms with Gasteiger partial charge >= 0.3 is 6.61 Å². The van der Waals surface area contributed by atoms with Crippen LogP contribution in [0.5, 0.6) is 5.75 Å². The monoisotopic (exact) mass is 449 g/mol. The molecule has 1 saturated heterocycles. The van der Waals surface area contributed by atoms with Crippen LogP contribution >= 0.6 is 0 Å². The second-order valence-corrected chi connectivity index (χ2v) is 8.91. The van der Waals surface area contributed by atoms with Gasteiger partial charge in [-0.15, -0.1) is 4.40 Å². The Morgan fingerprint density at radius 2 is 1.90 bits per heavy atom. The largest absolute Gasteiger partial charge is 0.435 e. The van der Waals surface area contributed by atoms with Gasteiger partial charge in [0.1, 0.15) is 16.5 Å². The highest BCUT2D eigenvalue weighted by Crippen LogP contribution is 2.35. The number of benzene rings is 2. The molecule has 31 heavy (non-hydrogen) atoms. The van der Waals surface area contributed by atoms with Crippen LogP contribution in [0.1, 0.15) is 41.6 Å². The van der Waals surface area contributed by atoms with Crippen molar-refractivity contribution in [3.63, 3.8) is 0 Å². The van der Waals surface area contributed by atoms with Gasteiger partial charge in [0, 0.05) is 25.1 Å². The quantitative estimate of drug-likeness (QED) is 0.752. The first-order chi connectivity index (χ1) is 14.8. The molecule has 10 heteroatoms. The van der Waals surface area contributed by atoms with E-state index in [1.54, 1.807) is 24.3 Å². The Balaban J connectivity index is 1.50. The first kappa shape index (κ1) is 21.2. The van der Waals surface area contributed by atoms with Crippen LogP contribution in [-0.4, -0.2) is 33.3 Å². The molecule has 0 aromatic heterocycles. The molecule has 0 bridgehead atoms. The van der Waals surface area contributed by atoms with Crippen molar-refractivity contribution in [3.05, 3.63) is 53.6 Å². The number of hydrogen-bond donors (Lipinski definition) is 1. The molecule has 1 amide bonds. The molecule has 2 aliphatic heterocycles. The third kappa shape index (κ3) is 4.68. The van der Waals surface area contributed by atoms with E-state index in [4.69, 9.17) is 0 Å². The number of nitrogens with one attached hydrogen (secondary N) is 1. The summed E-state index contributed by atoms with van der Waals surface area (Å²) in [6, 6.07) is 10.5. The fourth-order valence-electron chi connectivity index (χ4n) is 3.69. The van der Waals surface area contributed by atoms with Gasteiger partial charge in [-0.3, -0.25) is 4.79 Å². The average molecular weight is 449 g/mol. The van der Waals surface area contributed by atoms with Gasteiger partial charge in [-0.05, 0) is 48.7 Å². The van der Waals surface area contributed by atoms with E-state index in [1.165, 1.54) is 18.2 Å². The zero-order chi connectivity index (χ0) is 22.0. The van der Waals surface area contributed by atoms with Gasteiger partial charge in [0.15, 0.2) is 0 Å². The second kappa shape index (κ2) is 8.62. The van der Waals surface area contributed by atoms with Crippen LogP contribution in [0.3, 0.4) is 0 Å². The maximum absolute atomic E-state index is 12.7. The van der Waals surface area contributed by atoms with E-state index >= 15 is 0 Å². The predicted octanol–water partition coefficient (Wildman–Crippen LogP) is 3.70. The highest BCUT2D eigenvalue weighted by Gasteiger charge is 2.32. The Kier molecular flexibility index (Phi) is 5.90. The normalized spacial score (nSPS) is 17.3. The Morgan fingerprint density at radius 3 is 2.65 bits per heavy atom. The Bertz CT molecular complexity index is 1120. The molecular weight excluding hydrogens is 428 g/mol. The molecule has 0 aliphatic carbocycles. The van der Waals surface area contributed by atoms with Crippen LogP contribution in [0, 0.1) is 0 Å². The smallest absolute Gasteiger partial charge is 0.387 e. The van der Waals surface area contributed by atoms with Gasteiger partial charge in [-0.25, -0.2) is 0 Å². The van der Waals surface area contributed by atoms with Crippen LogP contribution in [0.2, 0.25) is 0 Å². The number of halogens is 2. The first-order valence-corrected chi connectivity index (χ1v) is 11.3. The Morgan fingerprint density at radius 1 is 1.13 bits per heavy atom. The molecule has 7 nitrogen and oxygen atoms in total. The molecule has 2 aromatic carbocycles. The summed E-state index contributed by atoms with van der Waals surface area (Å²) in [7, 11) is -3.88. The van der Waals surface area contributed by atoms with Crippen LogP contribution in [0.15, 0.2) is 51.8 Å². The van der Waals surface area contributed by atoms with E-state index in [1.807, 2.05) is 4.90 Å². The lowest BCUT2D eigenvalue weighted by Gasteiger charge is -2.29. The summed E-state index contributed by atoms with van der Waals surface area (Å²) in [6.07, 6.45) is 3.47. The van der Waals surface area contributed by atoms with E-state index in [0.29, 0.717) is 30.1 Å². The van der Waals surface area contributed by atoms with E-state index in [-0.39, 0.29) is 22.8 Å². The number of anilines is 1. The van der Waals surface area contributed by atoms with Crippen LogP contribution in [0.25, 0.3) is 0 Å². The molecule has 4 rings (SSSR count). The number of sulfonamides is 1. The van der Waals surface area contributed by atoms with Crippen molar-refractivity contribution in [2.45, 2.75) is 43.7 Å². The minimum atomic E-state index is -3.88. The minimum Gasteiger partial charge on any atom is -0.435 e. The standard InChI is InChI=1S/C21H21F2N3O4S/c22-21(23)30-16-8-5-14(6-9-16)13-24-20(27)15-7-10-17-18(12-15)31(28,29)25-19-4-2-1-3-11-26(17)19/h5-10,12,21H,1-4,11,13H2,(H,24,27). The lowest BCUT2D eigenvalue weighted by Crippen LogP contribution is -2.35. The molecule has 2 aromatic rings. The highest BCUT2D eigenvalue weighted by molar-refractivity contribution is 7.90.